The van der Waals surface area contributed by atoms with Gasteiger partial charge in [-0.25, -0.2) is 0 Å². The summed E-state index contributed by atoms with van der Waals surface area (Å²) in [6.45, 7) is 4.17. The number of carbonyl (C=O) groups is 1. The third-order valence-electron chi connectivity index (χ3n) is 7.44. The molecule has 0 aromatic heterocycles. The Hall–Kier alpha value is -2.71. The Balaban J connectivity index is 1.18. The predicted octanol–water partition coefficient (Wildman–Crippen LogP) is 6.42. The molecule has 2 heteroatoms. The Bertz CT molecular complexity index is 1060. The molecule has 32 heavy (non-hydrogen) atoms. The van der Waals surface area contributed by atoms with Crippen LogP contribution < -0.4 is 0 Å². The van der Waals surface area contributed by atoms with Crippen LogP contribution in [0.5, 0.6) is 0 Å². The molecule has 1 saturated carbocycles. The van der Waals surface area contributed by atoms with Crippen molar-refractivity contribution in [3.63, 3.8) is 0 Å². The highest BCUT2D eigenvalue weighted by Crippen LogP contribution is 2.37. The van der Waals surface area contributed by atoms with Crippen molar-refractivity contribution in [2.75, 3.05) is 0 Å². The molecule has 0 saturated heterocycles. The monoisotopic (exact) mass is 424 g/mol. The van der Waals surface area contributed by atoms with Crippen LogP contribution in [0.15, 0.2) is 107 Å². The Morgan fingerprint density at radius 2 is 1.75 bits per heavy atom. The van der Waals surface area contributed by atoms with Crippen LogP contribution in [0.4, 0.5) is 0 Å². The summed E-state index contributed by atoms with van der Waals surface area (Å²) in [4.78, 5) is 12.9. The lowest BCUT2D eigenvalue weighted by molar-refractivity contribution is -0.115. The van der Waals surface area contributed by atoms with E-state index in [-0.39, 0.29) is 17.8 Å². The number of aliphatic hydroxyl groups is 1. The van der Waals surface area contributed by atoms with Crippen LogP contribution in [0.25, 0.3) is 0 Å². The van der Waals surface area contributed by atoms with Crippen LogP contribution in [0, 0.1) is 17.8 Å². The second-order valence-corrected chi connectivity index (χ2v) is 9.83. The molecule has 0 heterocycles. The van der Waals surface area contributed by atoms with E-state index in [1.807, 2.05) is 24.3 Å². The standard InChI is InChI=1S/C30H32O2/c1-20-14-27(19-25-4-2-3-5-29(20)25)30(32)13-9-23-16-24-10-6-22(17-26(24)18-23)15-21-7-11-28(31)12-8-21/h2-6,10,14,16-19,21,26,28-29,31H,1,7-9,11-13,15H2. The van der Waals surface area contributed by atoms with Crippen LogP contribution in [0.1, 0.15) is 44.9 Å². The molecular weight excluding hydrogens is 392 g/mol. The fraction of sp³-hybridized carbons (Fsp3) is 0.367. The highest BCUT2D eigenvalue weighted by Gasteiger charge is 2.24. The first kappa shape index (κ1) is 21.2. The molecular formula is C30H32O2. The highest BCUT2D eigenvalue weighted by atomic mass is 16.3. The Morgan fingerprint density at radius 1 is 0.938 bits per heavy atom. The van der Waals surface area contributed by atoms with Crippen molar-refractivity contribution in [3.05, 3.63) is 107 Å². The minimum absolute atomic E-state index is 0.0873. The van der Waals surface area contributed by atoms with Gasteiger partial charge in [-0.1, -0.05) is 72.4 Å². The van der Waals surface area contributed by atoms with E-state index in [1.165, 1.54) is 16.7 Å². The number of fused-ring (bicyclic) bond motifs is 2. The molecule has 5 aliphatic rings. The topological polar surface area (TPSA) is 37.3 Å². The first-order valence-electron chi connectivity index (χ1n) is 12.0. The molecule has 0 aliphatic heterocycles. The lowest BCUT2D eigenvalue weighted by atomic mass is 9.81. The third kappa shape index (κ3) is 4.56. The van der Waals surface area contributed by atoms with Gasteiger partial charge >= 0.3 is 0 Å². The molecule has 1 N–H and O–H groups in total. The first-order valence-corrected chi connectivity index (χ1v) is 12.0. The minimum atomic E-state index is -0.0873. The lowest BCUT2D eigenvalue weighted by Gasteiger charge is -2.26. The molecule has 0 aromatic rings. The van der Waals surface area contributed by atoms with E-state index >= 15 is 0 Å². The second kappa shape index (κ2) is 9.03. The summed E-state index contributed by atoms with van der Waals surface area (Å²) in [5, 5.41) is 9.74. The third-order valence-corrected chi connectivity index (χ3v) is 7.44. The van der Waals surface area contributed by atoms with Crippen LogP contribution >= 0.6 is 0 Å². The number of hydrogen-bond acceptors (Lipinski definition) is 2. The zero-order valence-electron chi connectivity index (χ0n) is 18.7. The molecule has 5 aliphatic carbocycles. The van der Waals surface area contributed by atoms with Crippen molar-refractivity contribution in [2.24, 2.45) is 17.8 Å². The van der Waals surface area contributed by atoms with Gasteiger partial charge in [0, 0.05) is 23.8 Å². The maximum Gasteiger partial charge on any atom is 0.163 e. The molecule has 5 rings (SSSR count). The zero-order valence-corrected chi connectivity index (χ0v) is 18.7. The van der Waals surface area contributed by atoms with Crippen molar-refractivity contribution in [3.8, 4) is 0 Å². The highest BCUT2D eigenvalue weighted by molar-refractivity contribution is 5.99. The summed E-state index contributed by atoms with van der Waals surface area (Å²) in [5.41, 5.74) is 6.96. The summed E-state index contributed by atoms with van der Waals surface area (Å²) >= 11 is 0. The van der Waals surface area contributed by atoms with Gasteiger partial charge in [0.05, 0.1) is 6.10 Å². The molecule has 2 unspecified atom stereocenters. The van der Waals surface area contributed by atoms with Gasteiger partial charge in [-0.15, -0.1) is 0 Å². The van der Waals surface area contributed by atoms with Gasteiger partial charge in [-0.3, -0.25) is 4.79 Å². The number of Topliss-reactive ketones (excluding diaryl/α,β-unsaturated/α-hetero) is 1. The maximum atomic E-state index is 12.9. The minimum Gasteiger partial charge on any atom is -0.393 e. The molecule has 0 aromatic carbocycles. The van der Waals surface area contributed by atoms with Crippen LogP contribution in [0.2, 0.25) is 0 Å². The van der Waals surface area contributed by atoms with Crippen LogP contribution in [-0.4, -0.2) is 17.0 Å². The van der Waals surface area contributed by atoms with Crippen molar-refractivity contribution >= 4 is 5.78 Å². The van der Waals surface area contributed by atoms with Crippen molar-refractivity contribution in [1.29, 1.82) is 0 Å². The first-order chi connectivity index (χ1) is 15.5. The van der Waals surface area contributed by atoms with Gasteiger partial charge in [0.25, 0.3) is 0 Å². The second-order valence-electron chi connectivity index (χ2n) is 9.83. The fourth-order valence-corrected chi connectivity index (χ4v) is 5.56. The largest absolute Gasteiger partial charge is 0.393 e. The van der Waals surface area contributed by atoms with E-state index in [2.05, 4.69) is 49.1 Å². The summed E-state index contributed by atoms with van der Waals surface area (Å²) < 4.78 is 0. The van der Waals surface area contributed by atoms with Crippen LogP contribution in [0.3, 0.4) is 0 Å². The number of carbonyl (C=O) groups excluding carboxylic acids is 1. The number of hydrogen-bond donors (Lipinski definition) is 1. The SMILES string of the molecule is C=C1C=C(C(=O)CCC2=CC3C=C(CC4CCC(O)CC4)C=CC3=C2)C=C2C=CC=CC12. The van der Waals surface area contributed by atoms with Crippen molar-refractivity contribution in [1.82, 2.24) is 0 Å². The molecule has 2 nitrogen and oxygen atoms in total. The van der Waals surface area contributed by atoms with Crippen molar-refractivity contribution in [2.45, 2.75) is 51.0 Å². The number of ketones is 1. The van der Waals surface area contributed by atoms with Gasteiger partial charge in [-0.2, -0.15) is 0 Å². The van der Waals surface area contributed by atoms with Gasteiger partial charge in [0.1, 0.15) is 0 Å². The number of allylic oxidation sites excluding steroid dienone is 17. The summed E-state index contributed by atoms with van der Waals surface area (Å²) in [6, 6.07) is 0. The summed E-state index contributed by atoms with van der Waals surface area (Å²) in [7, 11) is 0. The fourth-order valence-electron chi connectivity index (χ4n) is 5.56. The van der Waals surface area contributed by atoms with E-state index in [1.54, 1.807) is 0 Å². The number of rotatable bonds is 6. The Morgan fingerprint density at radius 3 is 2.59 bits per heavy atom. The summed E-state index contributed by atoms with van der Waals surface area (Å²) in [6.07, 6.45) is 30.3. The van der Waals surface area contributed by atoms with E-state index in [0.717, 1.165) is 55.2 Å². The molecule has 1 fully saturated rings. The van der Waals surface area contributed by atoms with Gasteiger partial charge < -0.3 is 5.11 Å². The molecule has 0 radical (unpaired) electrons. The molecule has 164 valence electrons. The van der Waals surface area contributed by atoms with Crippen LogP contribution in [-0.2, 0) is 4.79 Å². The number of aliphatic hydroxyl groups excluding tert-OH is 1. The normalized spacial score (nSPS) is 30.7. The van der Waals surface area contributed by atoms with E-state index in [4.69, 9.17) is 0 Å². The predicted molar refractivity (Wildman–Crippen MR) is 131 cm³/mol. The van der Waals surface area contributed by atoms with Gasteiger partial charge in [0.2, 0.25) is 0 Å². The molecule has 0 spiro atoms. The smallest absolute Gasteiger partial charge is 0.163 e. The van der Waals surface area contributed by atoms with Crippen molar-refractivity contribution < 1.29 is 9.90 Å². The molecule has 0 amide bonds. The Labute approximate surface area is 191 Å². The van der Waals surface area contributed by atoms with E-state index < -0.39 is 0 Å². The van der Waals surface area contributed by atoms with E-state index in [9.17, 15) is 9.90 Å². The maximum absolute atomic E-state index is 12.9. The average molecular weight is 425 g/mol. The Kier molecular flexibility index (Phi) is 5.97. The van der Waals surface area contributed by atoms with Gasteiger partial charge in [-0.05, 0) is 73.3 Å². The summed E-state index contributed by atoms with van der Waals surface area (Å²) in [5.74, 6) is 1.46. The quantitative estimate of drug-likeness (QED) is 0.534. The zero-order chi connectivity index (χ0) is 22.1. The average Bonchev–Trinajstić information content (AvgIpc) is 3.21. The van der Waals surface area contributed by atoms with Gasteiger partial charge in [0.15, 0.2) is 5.78 Å². The van der Waals surface area contributed by atoms with E-state index in [0.29, 0.717) is 18.3 Å². The molecule has 0 bridgehead atoms. The lowest BCUT2D eigenvalue weighted by Crippen LogP contribution is -2.18. The molecule has 2 atom stereocenters.